The molecule has 1 atom stereocenters. The predicted molar refractivity (Wildman–Crippen MR) is 91.1 cm³/mol. The Kier molecular flexibility index (Phi) is 6.26. The lowest BCUT2D eigenvalue weighted by Crippen LogP contribution is -2.32. The van der Waals surface area contributed by atoms with Crippen molar-refractivity contribution in [3.05, 3.63) is 69.7 Å². The van der Waals surface area contributed by atoms with E-state index in [0.29, 0.717) is 0 Å². The van der Waals surface area contributed by atoms with Crippen LogP contribution in [0.5, 0.6) is 0 Å². The van der Waals surface area contributed by atoms with Crippen LogP contribution >= 0.6 is 11.3 Å². The first-order chi connectivity index (χ1) is 11.5. The first-order valence-electron chi connectivity index (χ1n) is 7.35. The van der Waals surface area contributed by atoms with E-state index in [4.69, 9.17) is 4.74 Å². The quantitative estimate of drug-likeness (QED) is 0.642. The summed E-state index contributed by atoms with van der Waals surface area (Å²) in [6, 6.07) is 9.27. The third-order valence-electron chi connectivity index (χ3n) is 3.09. The summed E-state index contributed by atoms with van der Waals surface area (Å²) in [6.07, 6.45) is 1.32. The Morgan fingerprint density at radius 1 is 1.25 bits per heavy atom. The SMILES string of the molecule is CC(C)=CC(=O)OCC(=O)N[C@H](c1ccc(F)cc1)c1cccs1. The summed E-state index contributed by atoms with van der Waals surface area (Å²) in [5, 5.41) is 4.71. The minimum atomic E-state index is -0.556. The minimum absolute atomic E-state index is 0.342. The highest BCUT2D eigenvalue weighted by atomic mass is 32.1. The fourth-order valence-corrected chi connectivity index (χ4v) is 2.85. The van der Waals surface area contributed by atoms with E-state index in [1.165, 1.54) is 29.5 Å². The van der Waals surface area contributed by atoms with Gasteiger partial charge in [0.25, 0.3) is 5.91 Å². The van der Waals surface area contributed by atoms with Crippen LogP contribution in [0.4, 0.5) is 4.39 Å². The zero-order valence-corrected chi connectivity index (χ0v) is 14.2. The van der Waals surface area contributed by atoms with Crippen LogP contribution in [0.2, 0.25) is 0 Å². The molecule has 1 aromatic heterocycles. The van der Waals surface area contributed by atoms with Crippen LogP contribution in [0, 0.1) is 5.82 Å². The Morgan fingerprint density at radius 3 is 2.54 bits per heavy atom. The maximum atomic E-state index is 13.1. The zero-order chi connectivity index (χ0) is 17.5. The van der Waals surface area contributed by atoms with Crippen LogP contribution in [0.3, 0.4) is 0 Å². The number of benzene rings is 1. The summed E-state index contributed by atoms with van der Waals surface area (Å²) in [7, 11) is 0. The van der Waals surface area contributed by atoms with Crippen LogP contribution in [-0.2, 0) is 14.3 Å². The largest absolute Gasteiger partial charge is 0.452 e. The van der Waals surface area contributed by atoms with E-state index in [9.17, 15) is 14.0 Å². The normalized spacial score (nSPS) is 11.5. The van der Waals surface area contributed by atoms with E-state index in [1.807, 2.05) is 17.5 Å². The number of allylic oxidation sites excluding steroid dienone is 1. The van der Waals surface area contributed by atoms with Crippen molar-refractivity contribution in [2.45, 2.75) is 19.9 Å². The van der Waals surface area contributed by atoms with E-state index < -0.39 is 17.9 Å². The summed E-state index contributed by atoms with van der Waals surface area (Å²) in [6.45, 7) is 3.16. The molecule has 0 radical (unpaired) electrons. The summed E-state index contributed by atoms with van der Waals surface area (Å²) in [5.41, 5.74) is 1.55. The van der Waals surface area contributed by atoms with Gasteiger partial charge in [-0.05, 0) is 43.0 Å². The van der Waals surface area contributed by atoms with Crippen molar-refractivity contribution in [3.8, 4) is 0 Å². The summed E-state index contributed by atoms with van der Waals surface area (Å²) in [4.78, 5) is 24.5. The number of amides is 1. The third kappa shape index (κ3) is 5.31. The van der Waals surface area contributed by atoms with Gasteiger partial charge in [-0.3, -0.25) is 4.79 Å². The molecule has 6 heteroatoms. The van der Waals surface area contributed by atoms with Gasteiger partial charge in [0.15, 0.2) is 6.61 Å². The van der Waals surface area contributed by atoms with Crippen molar-refractivity contribution in [2.75, 3.05) is 6.61 Å². The fraction of sp³-hybridized carbons (Fsp3) is 0.222. The molecule has 0 aliphatic heterocycles. The fourth-order valence-electron chi connectivity index (χ4n) is 2.05. The number of carbonyl (C=O) groups is 2. The molecule has 1 aromatic carbocycles. The highest BCUT2D eigenvalue weighted by Crippen LogP contribution is 2.26. The van der Waals surface area contributed by atoms with Gasteiger partial charge in [0, 0.05) is 11.0 Å². The Balaban J connectivity index is 2.06. The molecule has 1 heterocycles. The van der Waals surface area contributed by atoms with Gasteiger partial charge in [0.2, 0.25) is 0 Å². The van der Waals surface area contributed by atoms with Gasteiger partial charge in [-0.1, -0.05) is 23.8 Å². The summed E-state index contributed by atoms with van der Waals surface area (Å²) < 4.78 is 18.0. The van der Waals surface area contributed by atoms with Crippen LogP contribution < -0.4 is 5.32 Å². The molecule has 1 N–H and O–H groups in total. The maximum Gasteiger partial charge on any atom is 0.331 e. The van der Waals surface area contributed by atoms with Crippen LogP contribution in [0.25, 0.3) is 0 Å². The van der Waals surface area contributed by atoms with Crippen LogP contribution in [0.15, 0.2) is 53.4 Å². The molecule has 2 rings (SSSR count). The van der Waals surface area contributed by atoms with Crippen molar-refractivity contribution < 1.29 is 18.7 Å². The Labute approximate surface area is 144 Å². The van der Waals surface area contributed by atoms with E-state index in [1.54, 1.807) is 26.0 Å². The van der Waals surface area contributed by atoms with Crippen LogP contribution in [-0.4, -0.2) is 18.5 Å². The molecule has 4 nitrogen and oxygen atoms in total. The van der Waals surface area contributed by atoms with Crippen LogP contribution in [0.1, 0.15) is 30.3 Å². The van der Waals surface area contributed by atoms with Gasteiger partial charge in [-0.25, -0.2) is 9.18 Å². The number of nitrogens with one attached hydrogen (secondary N) is 1. The molecule has 2 aromatic rings. The number of thiophene rings is 1. The van der Waals surface area contributed by atoms with Gasteiger partial charge in [-0.2, -0.15) is 0 Å². The third-order valence-corrected chi connectivity index (χ3v) is 4.03. The standard InChI is InChI=1S/C18H18FNO3S/c1-12(2)10-17(22)23-11-16(21)20-18(15-4-3-9-24-15)13-5-7-14(19)8-6-13/h3-10,18H,11H2,1-2H3,(H,20,21)/t18-/m1/s1. The number of halogens is 1. The van der Waals surface area contributed by atoms with Crippen molar-refractivity contribution >= 4 is 23.2 Å². The minimum Gasteiger partial charge on any atom is -0.452 e. The monoisotopic (exact) mass is 347 g/mol. The van der Waals surface area contributed by atoms with Gasteiger partial charge >= 0.3 is 5.97 Å². The second kappa shape index (κ2) is 8.40. The van der Waals surface area contributed by atoms with Crippen molar-refractivity contribution in [3.63, 3.8) is 0 Å². The second-order valence-corrected chi connectivity index (χ2v) is 6.38. The Hall–Kier alpha value is -2.47. The van der Waals surface area contributed by atoms with Crippen molar-refractivity contribution in [1.29, 1.82) is 0 Å². The molecular weight excluding hydrogens is 329 g/mol. The lowest BCUT2D eigenvalue weighted by molar-refractivity contribution is -0.144. The lowest BCUT2D eigenvalue weighted by Gasteiger charge is -2.18. The van der Waals surface area contributed by atoms with Crippen molar-refractivity contribution in [1.82, 2.24) is 5.32 Å². The highest BCUT2D eigenvalue weighted by molar-refractivity contribution is 7.10. The zero-order valence-electron chi connectivity index (χ0n) is 13.4. The second-order valence-electron chi connectivity index (χ2n) is 5.40. The van der Waals surface area contributed by atoms with Gasteiger partial charge in [0.05, 0.1) is 6.04 Å². The van der Waals surface area contributed by atoms with Crippen molar-refractivity contribution in [2.24, 2.45) is 0 Å². The van der Waals surface area contributed by atoms with Gasteiger partial charge < -0.3 is 10.1 Å². The number of esters is 1. The Bertz CT molecular complexity index is 719. The molecule has 0 spiro atoms. The molecule has 0 bridgehead atoms. The van der Waals surface area contributed by atoms with E-state index in [2.05, 4.69) is 5.32 Å². The number of ether oxygens (including phenoxy) is 1. The first-order valence-corrected chi connectivity index (χ1v) is 8.23. The molecule has 126 valence electrons. The first kappa shape index (κ1) is 17.9. The topological polar surface area (TPSA) is 55.4 Å². The predicted octanol–water partition coefficient (Wildman–Crippen LogP) is 3.60. The number of rotatable bonds is 6. The average Bonchev–Trinajstić information content (AvgIpc) is 3.05. The molecule has 0 fully saturated rings. The lowest BCUT2D eigenvalue weighted by atomic mass is 10.1. The number of carbonyl (C=O) groups excluding carboxylic acids is 2. The number of hydrogen-bond donors (Lipinski definition) is 1. The van der Waals surface area contributed by atoms with E-state index in [-0.39, 0.29) is 12.4 Å². The van der Waals surface area contributed by atoms with Gasteiger partial charge in [-0.15, -0.1) is 11.3 Å². The Morgan fingerprint density at radius 2 is 1.96 bits per heavy atom. The molecule has 0 unspecified atom stereocenters. The number of hydrogen-bond acceptors (Lipinski definition) is 4. The molecule has 0 aliphatic carbocycles. The molecule has 1 amide bonds. The molecular formula is C18H18FNO3S. The van der Waals surface area contributed by atoms with E-state index >= 15 is 0 Å². The molecule has 24 heavy (non-hydrogen) atoms. The smallest absolute Gasteiger partial charge is 0.331 e. The average molecular weight is 347 g/mol. The van der Waals surface area contributed by atoms with Gasteiger partial charge in [0.1, 0.15) is 5.82 Å². The summed E-state index contributed by atoms with van der Waals surface area (Å²) in [5.74, 6) is -1.32. The highest BCUT2D eigenvalue weighted by Gasteiger charge is 2.18. The van der Waals surface area contributed by atoms with E-state index in [0.717, 1.165) is 16.0 Å². The maximum absolute atomic E-state index is 13.1. The molecule has 0 saturated carbocycles. The molecule has 0 aliphatic rings. The molecule has 0 saturated heterocycles. The summed E-state index contributed by atoms with van der Waals surface area (Å²) >= 11 is 1.48.